The van der Waals surface area contributed by atoms with Gasteiger partial charge in [-0.3, -0.25) is 4.79 Å². The van der Waals surface area contributed by atoms with Crippen LogP contribution in [0.4, 0.5) is 0 Å². The van der Waals surface area contributed by atoms with Crippen molar-refractivity contribution in [1.82, 2.24) is 0 Å². The van der Waals surface area contributed by atoms with Gasteiger partial charge in [-0.1, -0.05) is 19.9 Å². The molecule has 0 amide bonds. The number of hydrogen-bond donors (Lipinski definition) is 0. The van der Waals surface area contributed by atoms with Gasteiger partial charge < -0.3 is 4.74 Å². The zero-order valence-electron chi connectivity index (χ0n) is 15.5. The molecule has 4 fully saturated rings. The van der Waals surface area contributed by atoms with E-state index in [9.17, 15) is 4.79 Å². The second kappa shape index (κ2) is 5.88. The van der Waals surface area contributed by atoms with Gasteiger partial charge in [0, 0.05) is 0 Å². The van der Waals surface area contributed by atoms with Gasteiger partial charge in [-0.2, -0.15) is 0 Å². The van der Waals surface area contributed by atoms with E-state index in [2.05, 4.69) is 26.5 Å². The maximum Gasteiger partial charge on any atom is 0.293 e. The van der Waals surface area contributed by atoms with Crippen molar-refractivity contribution in [3.05, 3.63) is 12.7 Å². The number of carbonyl (C=O) groups excluding carboxylic acids is 1. The van der Waals surface area contributed by atoms with Crippen molar-refractivity contribution in [2.75, 3.05) is 0 Å². The number of carbonyl (C=O) groups is 1. The lowest BCUT2D eigenvalue weighted by Gasteiger charge is -2.61. The summed E-state index contributed by atoms with van der Waals surface area (Å²) < 4.78 is 5.34. The molecule has 2 heteroatoms. The second-order valence-electron chi connectivity index (χ2n) is 9.75. The minimum Gasteiger partial charge on any atom is -0.465 e. The van der Waals surface area contributed by atoms with Crippen LogP contribution in [0.2, 0.25) is 0 Å². The van der Waals surface area contributed by atoms with E-state index >= 15 is 0 Å². The van der Waals surface area contributed by atoms with E-state index in [1.807, 2.05) is 0 Å². The molecule has 0 N–H and O–H groups in total. The minimum atomic E-state index is 0.183. The molecule has 0 aromatic heterocycles. The van der Waals surface area contributed by atoms with E-state index in [0.29, 0.717) is 17.3 Å². The Morgan fingerprint density at radius 1 is 0.958 bits per heavy atom. The molecule has 4 aliphatic carbocycles. The van der Waals surface area contributed by atoms with Gasteiger partial charge in [0.05, 0.1) is 0 Å². The summed E-state index contributed by atoms with van der Waals surface area (Å²) in [6, 6.07) is 0. The Hall–Kier alpha value is -0.790. The van der Waals surface area contributed by atoms with Crippen molar-refractivity contribution < 1.29 is 9.53 Å². The smallest absolute Gasteiger partial charge is 0.293 e. The maximum absolute atomic E-state index is 10.7. The Balaban J connectivity index is 1.56. The average Bonchev–Trinajstić information content (AvgIpc) is 2.92. The molecular formula is C22H34O2. The fourth-order valence-corrected chi connectivity index (χ4v) is 7.85. The van der Waals surface area contributed by atoms with E-state index < -0.39 is 0 Å². The van der Waals surface area contributed by atoms with Gasteiger partial charge in [0.25, 0.3) is 6.47 Å². The van der Waals surface area contributed by atoms with Crippen LogP contribution in [-0.4, -0.2) is 12.6 Å². The van der Waals surface area contributed by atoms with Gasteiger partial charge in [0.1, 0.15) is 6.10 Å². The maximum atomic E-state index is 10.7. The molecule has 2 unspecified atom stereocenters. The lowest BCUT2D eigenvalue weighted by Crippen LogP contribution is -2.54. The lowest BCUT2D eigenvalue weighted by molar-refractivity contribution is -0.149. The molecule has 0 aromatic carbocycles. The summed E-state index contributed by atoms with van der Waals surface area (Å²) in [6.45, 7) is 9.95. The molecule has 2 nitrogen and oxygen atoms in total. The van der Waals surface area contributed by atoms with Crippen LogP contribution in [0.5, 0.6) is 0 Å². The quantitative estimate of drug-likeness (QED) is 0.513. The molecular weight excluding hydrogens is 296 g/mol. The van der Waals surface area contributed by atoms with Crippen molar-refractivity contribution in [3.8, 4) is 0 Å². The molecule has 0 bridgehead atoms. The molecule has 0 spiro atoms. The molecule has 0 radical (unpaired) electrons. The summed E-state index contributed by atoms with van der Waals surface area (Å²) >= 11 is 0. The van der Waals surface area contributed by atoms with Crippen LogP contribution in [-0.2, 0) is 9.53 Å². The summed E-state index contributed by atoms with van der Waals surface area (Å²) in [5, 5.41) is 0. The number of ether oxygens (including phenoxy) is 1. The highest BCUT2D eigenvalue weighted by Crippen LogP contribution is 2.67. The van der Waals surface area contributed by atoms with Gasteiger partial charge in [0.2, 0.25) is 0 Å². The van der Waals surface area contributed by atoms with Crippen molar-refractivity contribution in [1.29, 1.82) is 0 Å². The van der Waals surface area contributed by atoms with Gasteiger partial charge in [0.15, 0.2) is 0 Å². The minimum absolute atomic E-state index is 0.183. The van der Waals surface area contributed by atoms with Crippen molar-refractivity contribution in [3.63, 3.8) is 0 Å². The molecule has 0 heterocycles. The van der Waals surface area contributed by atoms with Crippen molar-refractivity contribution in [2.45, 2.75) is 77.7 Å². The highest BCUT2D eigenvalue weighted by atomic mass is 16.5. The highest BCUT2D eigenvalue weighted by Gasteiger charge is 2.59. The third-order valence-electron chi connectivity index (χ3n) is 9.22. The van der Waals surface area contributed by atoms with E-state index in [1.54, 1.807) is 0 Å². The summed E-state index contributed by atoms with van der Waals surface area (Å²) in [7, 11) is 0. The van der Waals surface area contributed by atoms with Gasteiger partial charge >= 0.3 is 0 Å². The Labute approximate surface area is 147 Å². The lowest BCUT2D eigenvalue weighted by atomic mass is 9.44. The Morgan fingerprint density at radius 2 is 1.71 bits per heavy atom. The molecule has 4 aliphatic rings. The molecule has 134 valence electrons. The molecule has 4 rings (SSSR count). The summed E-state index contributed by atoms with van der Waals surface area (Å²) in [5.41, 5.74) is 1.00. The van der Waals surface area contributed by atoms with Gasteiger partial charge in [-0.25, -0.2) is 0 Å². The molecule has 24 heavy (non-hydrogen) atoms. The Bertz CT molecular complexity index is 514. The van der Waals surface area contributed by atoms with Gasteiger partial charge in [-0.15, -0.1) is 6.58 Å². The number of hydrogen-bond acceptors (Lipinski definition) is 2. The van der Waals surface area contributed by atoms with Gasteiger partial charge in [-0.05, 0) is 98.2 Å². The van der Waals surface area contributed by atoms with Crippen LogP contribution < -0.4 is 0 Å². The summed E-state index contributed by atoms with van der Waals surface area (Å²) in [6.07, 6.45) is 14.2. The monoisotopic (exact) mass is 330 g/mol. The molecule has 0 aromatic rings. The Kier molecular flexibility index (Phi) is 4.09. The summed E-state index contributed by atoms with van der Waals surface area (Å²) in [5.74, 6) is 4.25. The fourth-order valence-electron chi connectivity index (χ4n) is 7.85. The first-order valence-electron chi connectivity index (χ1n) is 10.2. The zero-order chi connectivity index (χ0) is 16.9. The second-order valence-corrected chi connectivity index (χ2v) is 9.75. The van der Waals surface area contributed by atoms with Crippen LogP contribution >= 0.6 is 0 Å². The molecule has 4 saturated carbocycles. The highest BCUT2D eigenvalue weighted by molar-refractivity contribution is 5.37. The predicted octanol–water partition coefficient (Wildman–Crippen LogP) is 5.37. The van der Waals surface area contributed by atoms with Crippen LogP contribution in [0.1, 0.15) is 71.6 Å². The number of allylic oxidation sites excluding steroid dienone is 1. The topological polar surface area (TPSA) is 26.3 Å². The third kappa shape index (κ3) is 2.24. The third-order valence-corrected chi connectivity index (χ3v) is 9.22. The SMILES string of the molecule is C=C[C@H]1CC[C@H]2[C@@H]3CCC4CC(OC=O)CC[C@]4(C)[C@H]3CC[C@]12C. The van der Waals surface area contributed by atoms with Crippen LogP contribution in [0.15, 0.2) is 12.7 Å². The zero-order valence-corrected chi connectivity index (χ0v) is 15.5. The summed E-state index contributed by atoms with van der Waals surface area (Å²) in [4.78, 5) is 10.7. The number of rotatable bonds is 3. The van der Waals surface area contributed by atoms with E-state index in [-0.39, 0.29) is 6.10 Å². The first kappa shape index (κ1) is 16.7. The molecule has 0 aliphatic heterocycles. The van der Waals surface area contributed by atoms with E-state index in [4.69, 9.17) is 4.74 Å². The fraction of sp³-hybridized carbons (Fsp3) is 0.864. The van der Waals surface area contributed by atoms with Crippen molar-refractivity contribution >= 4 is 6.47 Å². The van der Waals surface area contributed by atoms with E-state index in [0.717, 1.165) is 42.4 Å². The van der Waals surface area contributed by atoms with Crippen LogP contribution in [0, 0.1) is 40.4 Å². The Morgan fingerprint density at radius 3 is 2.46 bits per heavy atom. The molecule has 0 saturated heterocycles. The standard InChI is InChI=1S/C22H34O2/c1-4-15-6-8-19-18-7-5-16-13-17(24-14-23)9-11-22(16,3)20(18)10-12-21(15,19)2/h4,14-20H,1,5-13H2,2-3H3/t15-,16?,17?,18-,19-,20-,21+,22-/m0/s1. The molecule has 8 atom stereocenters. The number of fused-ring (bicyclic) bond motifs is 5. The average molecular weight is 331 g/mol. The van der Waals surface area contributed by atoms with Crippen LogP contribution in [0.3, 0.4) is 0 Å². The van der Waals surface area contributed by atoms with Crippen LogP contribution in [0.25, 0.3) is 0 Å². The van der Waals surface area contributed by atoms with E-state index in [1.165, 1.54) is 44.9 Å². The predicted molar refractivity (Wildman–Crippen MR) is 96.4 cm³/mol. The first-order valence-corrected chi connectivity index (χ1v) is 10.2. The first-order chi connectivity index (χ1) is 11.5. The largest absolute Gasteiger partial charge is 0.465 e. The normalized spacial score (nSPS) is 53.4. The van der Waals surface area contributed by atoms with Crippen molar-refractivity contribution in [2.24, 2.45) is 40.4 Å².